The second-order valence-corrected chi connectivity index (χ2v) is 10.7. The number of aliphatic carboxylic acids is 1. The number of nitrogens with zero attached hydrogens (tertiary/aromatic N) is 1. The van der Waals surface area contributed by atoms with E-state index in [0.717, 1.165) is 0 Å². The number of carbonyl (C=O) groups excluding carboxylic acids is 6. The topological polar surface area (TPSA) is 330 Å². The molecule has 0 aliphatic heterocycles. The first-order valence-corrected chi connectivity index (χ1v) is 13.7. The van der Waals surface area contributed by atoms with Gasteiger partial charge in [0.15, 0.2) is 5.96 Å². The number of nitrogens with two attached hydrogens (primary N) is 5. The number of rotatable bonds is 20. The summed E-state index contributed by atoms with van der Waals surface area (Å²) in [5, 5.41) is 19.3. The van der Waals surface area contributed by atoms with Crippen molar-refractivity contribution in [3.8, 4) is 0 Å². The van der Waals surface area contributed by atoms with Gasteiger partial charge in [-0.05, 0) is 31.1 Å². The molecule has 15 N–H and O–H groups in total. The van der Waals surface area contributed by atoms with Crippen LogP contribution in [-0.4, -0.2) is 89.2 Å². The molecule has 0 rings (SSSR count). The molecule has 0 unspecified atom stereocenters. The van der Waals surface area contributed by atoms with Gasteiger partial charge in [-0.3, -0.25) is 33.8 Å². The molecule has 18 nitrogen and oxygen atoms in total. The van der Waals surface area contributed by atoms with E-state index in [1.807, 2.05) is 0 Å². The summed E-state index contributed by atoms with van der Waals surface area (Å²) in [5.41, 5.74) is 26.5. The van der Waals surface area contributed by atoms with E-state index in [4.69, 9.17) is 28.7 Å². The van der Waals surface area contributed by atoms with Crippen LogP contribution in [0, 0.1) is 11.8 Å². The highest BCUT2D eigenvalue weighted by Crippen LogP contribution is 2.09. The zero-order valence-corrected chi connectivity index (χ0v) is 24.9. The Morgan fingerprint density at radius 3 is 1.60 bits per heavy atom. The summed E-state index contributed by atoms with van der Waals surface area (Å²) in [6.45, 7) is 6.65. The van der Waals surface area contributed by atoms with Crippen LogP contribution in [-0.2, 0) is 33.6 Å². The summed E-state index contributed by atoms with van der Waals surface area (Å²) in [6, 6.07) is -6.35. The van der Waals surface area contributed by atoms with E-state index in [9.17, 15) is 38.7 Å². The van der Waals surface area contributed by atoms with Gasteiger partial charge in [0, 0.05) is 13.0 Å². The minimum absolute atomic E-state index is 0.0162. The van der Waals surface area contributed by atoms with Crippen LogP contribution < -0.4 is 49.9 Å². The van der Waals surface area contributed by atoms with Gasteiger partial charge in [-0.15, -0.1) is 0 Å². The van der Waals surface area contributed by atoms with E-state index < -0.39 is 89.9 Å². The Morgan fingerprint density at radius 1 is 0.674 bits per heavy atom. The third-order valence-electron chi connectivity index (χ3n) is 6.12. The average Bonchev–Trinajstić information content (AvgIpc) is 2.87. The number of amides is 6. The highest BCUT2D eigenvalue weighted by molar-refractivity contribution is 5.96. The van der Waals surface area contributed by atoms with Crippen LogP contribution >= 0.6 is 0 Å². The summed E-state index contributed by atoms with van der Waals surface area (Å²) in [5.74, 6) is -7.27. The van der Waals surface area contributed by atoms with Crippen molar-refractivity contribution in [2.24, 2.45) is 45.5 Å². The fraction of sp³-hybridized carbons (Fsp3) is 0.680. The van der Waals surface area contributed by atoms with Gasteiger partial charge < -0.3 is 55.0 Å². The predicted octanol–water partition coefficient (Wildman–Crippen LogP) is -4.16. The van der Waals surface area contributed by atoms with Gasteiger partial charge in [0.25, 0.3) is 0 Å². The van der Waals surface area contributed by atoms with Crippen LogP contribution in [0.25, 0.3) is 0 Å². The Labute approximate surface area is 249 Å². The molecular weight excluding hydrogens is 568 g/mol. The first-order valence-electron chi connectivity index (χ1n) is 13.7. The summed E-state index contributed by atoms with van der Waals surface area (Å²) in [6.07, 6.45) is -0.825. The Hall–Kier alpha value is -4.48. The summed E-state index contributed by atoms with van der Waals surface area (Å²) < 4.78 is 0. The molecule has 0 heterocycles. The lowest BCUT2D eigenvalue weighted by Gasteiger charge is -2.29. The van der Waals surface area contributed by atoms with Crippen molar-refractivity contribution in [2.45, 2.75) is 90.0 Å². The molecule has 244 valence electrons. The van der Waals surface area contributed by atoms with Crippen LogP contribution in [0.3, 0.4) is 0 Å². The molecule has 0 fully saturated rings. The quantitative estimate of drug-likeness (QED) is 0.0356. The highest BCUT2D eigenvalue weighted by Gasteiger charge is 2.34. The first kappa shape index (κ1) is 38.5. The standard InChI is InChI=1S/C25H46N10O8/c1-11(2)18(35-23(41)19(12(3)4)34-20(38)13(26)10-17(28)37)22(40)32-14(6-5-9-31-25(29)30)21(39)33-15(24(42)43)7-8-16(27)36/h11-15,18-19H,5-10,26H2,1-4H3,(H2,27,36)(H2,28,37)(H,32,40)(H,33,39)(H,34,38)(H,35,41)(H,42,43)(H4,29,30,31)/t13-,14-,15-,18-,19-/m0/s1. The zero-order chi connectivity index (χ0) is 33.4. The molecule has 0 aliphatic rings. The molecule has 0 radical (unpaired) electrons. The molecular formula is C25H46N10O8. The molecule has 0 aliphatic carbocycles. The number of guanidine groups is 1. The van der Waals surface area contributed by atoms with Crippen molar-refractivity contribution in [1.29, 1.82) is 0 Å². The monoisotopic (exact) mass is 614 g/mol. The van der Waals surface area contributed by atoms with E-state index in [2.05, 4.69) is 26.3 Å². The molecule has 0 aromatic carbocycles. The molecule has 0 aromatic rings. The number of hydrogen-bond acceptors (Lipinski definition) is 9. The Balaban J connectivity index is 5.87. The number of carboxylic acids is 1. The van der Waals surface area contributed by atoms with Gasteiger partial charge in [0.1, 0.15) is 24.2 Å². The molecule has 5 atom stereocenters. The van der Waals surface area contributed by atoms with Crippen molar-refractivity contribution in [2.75, 3.05) is 6.54 Å². The van der Waals surface area contributed by atoms with Crippen molar-refractivity contribution in [1.82, 2.24) is 21.3 Å². The summed E-state index contributed by atoms with van der Waals surface area (Å²) in [4.78, 5) is 89.7. The lowest BCUT2D eigenvalue weighted by atomic mass is 9.98. The van der Waals surface area contributed by atoms with Gasteiger partial charge in [-0.2, -0.15) is 0 Å². The average molecular weight is 615 g/mol. The van der Waals surface area contributed by atoms with Crippen molar-refractivity contribution in [3.63, 3.8) is 0 Å². The Kier molecular flexibility index (Phi) is 16.9. The number of carboxylic acid groups (broad SMARTS) is 1. The predicted molar refractivity (Wildman–Crippen MR) is 155 cm³/mol. The fourth-order valence-corrected chi connectivity index (χ4v) is 3.73. The fourth-order valence-electron chi connectivity index (χ4n) is 3.73. The van der Waals surface area contributed by atoms with Crippen LogP contribution in [0.1, 0.15) is 59.8 Å². The van der Waals surface area contributed by atoms with Crippen LogP contribution in [0.4, 0.5) is 0 Å². The normalized spacial score (nSPS) is 14.4. The molecule has 18 heteroatoms. The van der Waals surface area contributed by atoms with Crippen LogP contribution in [0.5, 0.6) is 0 Å². The minimum Gasteiger partial charge on any atom is -0.480 e. The maximum atomic E-state index is 13.3. The number of aliphatic imine (C=N–C) groups is 1. The second kappa shape index (κ2) is 18.9. The third-order valence-corrected chi connectivity index (χ3v) is 6.12. The van der Waals surface area contributed by atoms with Gasteiger partial charge in [0.2, 0.25) is 35.4 Å². The number of primary amides is 2. The number of hydrogen-bond donors (Lipinski definition) is 10. The molecule has 0 saturated carbocycles. The highest BCUT2D eigenvalue weighted by atomic mass is 16.4. The minimum atomic E-state index is -1.46. The zero-order valence-electron chi connectivity index (χ0n) is 24.9. The van der Waals surface area contributed by atoms with Crippen molar-refractivity contribution >= 4 is 47.4 Å². The van der Waals surface area contributed by atoms with E-state index in [1.54, 1.807) is 27.7 Å². The van der Waals surface area contributed by atoms with Crippen molar-refractivity contribution in [3.05, 3.63) is 0 Å². The van der Waals surface area contributed by atoms with Crippen LogP contribution in [0.15, 0.2) is 4.99 Å². The molecule has 0 aromatic heterocycles. The molecule has 0 bridgehead atoms. The molecule has 0 saturated heterocycles. The molecule has 0 spiro atoms. The smallest absolute Gasteiger partial charge is 0.326 e. The van der Waals surface area contributed by atoms with E-state index >= 15 is 0 Å². The largest absolute Gasteiger partial charge is 0.480 e. The molecule has 6 amide bonds. The summed E-state index contributed by atoms with van der Waals surface area (Å²) in [7, 11) is 0. The maximum absolute atomic E-state index is 13.3. The van der Waals surface area contributed by atoms with Crippen molar-refractivity contribution < 1.29 is 38.7 Å². The second-order valence-electron chi connectivity index (χ2n) is 10.7. The van der Waals surface area contributed by atoms with Gasteiger partial charge >= 0.3 is 5.97 Å². The van der Waals surface area contributed by atoms with E-state index in [1.165, 1.54) is 0 Å². The first-order chi connectivity index (χ1) is 19.9. The van der Waals surface area contributed by atoms with Gasteiger partial charge in [-0.1, -0.05) is 27.7 Å². The summed E-state index contributed by atoms with van der Waals surface area (Å²) >= 11 is 0. The lowest BCUT2D eigenvalue weighted by Crippen LogP contribution is -2.60. The Morgan fingerprint density at radius 2 is 1.16 bits per heavy atom. The molecule has 43 heavy (non-hydrogen) atoms. The van der Waals surface area contributed by atoms with Gasteiger partial charge in [0.05, 0.1) is 12.5 Å². The van der Waals surface area contributed by atoms with E-state index in [0.29, 0.717) is 0 Å². The number of nitrogens with one attached hydrogen (secondary N) is 4. The van der Waals surface area contributed by atoms with Crippen LogP contribution in [0.2, 0.25) is 0 Å². The van der Waals surface area contributed by atoms with Gasteiger partial charge in [-0.25, -0.2) is 4.79 Å². The lowest BCUT2D eigenvalue weighted by molar-refractivity contribution is -0.142. The Bertz CT molecular complexity index is 1050. The SMILES string of the molecule is CC(C)[C@H](NC(=O)[C@@H](NC(=O)[C@@H](N)CC(N)=O)C(C)C)C(=O)N[C@@H](CCCN=C(N)N)C(=O)N[C@@H](CCC(N)=O)C(=O)O. The number of carbonyl (C=O) groups is 7. The maximum Gasteiger partial charge on any atom is 0.326 e. The van der Waals surface area contributed by atoms with E-state index in [-0.39, 0.29) is 38.2 Å². The third kappa shape index (κ3) is 15.4.